The summed E-state index contributed by atoms with van der Waals surface area (Å²) in [7, 11) is -0.425. The lowest BCUT2D eigenvalue weighted by Gasteiger charge is -2.37. The molecule has 1 heterocycles. The van der Waals surface area contributed by atoms with Gasteiger partial charge in [0.05, 0.1) is 7.11 Å². The topological polar surface area (TPSA) is 32.6 Å². The second-order valence-corrected chi connectivity index (χ2v) is 15.9. The zero-order valence-corrected chi connectivity index (χ0v) is 24.4. The molecule has 0 amide bonds. The van der Waals surface area contributed by atoms with E-state index in [0.717, 1.165) is 33.9 Å². The van der Waals surface area contributed by atoms with Crippen LogP contribution in [-0.2, 0) is 6.61 Å². The smallest absolute Gasteiger partial charge is 0.250 e. The highest BCUT2D eigenvalue weighted by Gasteiger charge is 2.39. The molecule has 1 aromatic heterocycles. The molecular weight excluding hydrogens is 474 g/mol. The summed E-state index contributed by atoms with van der Waals surface area (Å²) >= 11 is 0. The summed E-state index contributed by atoms with van der Waals surface area (Å²) in [6.45, 7) is 16.0. The summed E-state index contributed by atoms with van der Waals surface area (Å²) in [5.41, 5.74) is 6.68. The lowest BCUT2D eigenvalue weighted by Crippen LogP contribution is -2.43. The van der Waals surface area contributed by atoms with Gasteiger partial charge in [0, 0.05) is 28.7 Å². The Balaban J connectivity index is 1.81. The maximum atomic E-state index is 6.84. The Bertz CT molecular complexity index is 1350. The minimum absolute atomic E-state index is 0.0488. The summed E-state index contributed by atoms with van der Waals surface area (Å²) < 4.78 is 21.3. The number of aromatic nitrogens is 1. The highest BCUT2D eigenvalue weighted by molar-refractivity contribution is 6.74. The number of hydrogen-bond acceptors (Lipinski definition) is 3. The van der Waals surface area contributed by atoms with Gasteiger partial charge >= 0.3 is 0 Å². The third kappa shape index (κ3) is 5.77. The first kappa shape index (κ1) is 26.6. The molecule has 0 fully saturated rings. The van der Waals surface area contributed by atoms with Crippen LogP contribution in [0.1, 0.15) is 37.7 Å². The van der Waals surface area contributed by atoms with Crippen molar-refractivity contribution in [1.82, 2.24) is 4.57 Å². The van der Waals surface area contributed by atoms with E-state index >= 15 is 0 Å². The number of hydrogen-bond donors (Lipinski definition) is 0. The van der Waals surface area contributed by atoms with Crippen LogP contribution in [0.2, 0.25) is 18.1 Å². The molecule has 194 valence electrons. The Morgan fingerprint density at radius 1 is 0.757 bits per heavy atom. The lowest BCUT2D eigenvalue weighted by atomic mass is 10.0. The molecule has 0 bridgehead atoms. The average Bonchev–Trinajstić information content (AvgIpc) is 3.20. The average molecular weight is 514 g/mol. The minimum Gasteiger partial charge on any atom is -0.541 e. The van der Waals surface area contributed by atoms with Crippen LogP contribution in [-0.4, -0.2) is 20.0 Å². The van der Waals surface area contributed by atoms with Crippen molar-refractivity contribution in [3.63, 3.8) is 0 Å². The number of ether oxygens (including phenoxy) is 2. The molecule has 0 aliphatic rings. The van der Waals surface area contributed by atoms with E-state index in [1.807, 2.05) is 24.3 Å². The lowest BCUT2D eigenvalue weighted by molar-refractivity contribution is 0.292. The quantitative estimate of drug-likeness (QED) is 0.221. The maximum absolute atomic E-state index is 6.84. The molecule has 4 nitrogen and oxygen atoms in total. The molecule has 0 spiro atoms. The fraction of sp³-hybridized carbons (Fsp3) is 0.312. The van der Waals surface area contributed by atoms with E-state index in [-0.39, 0.29) is 5.04 Å². The van der Waals surface area contributed by atoms with Crippen LogP contribution in [0.15, 0.2) is 78.9 Å². The van der Waals surface area contributed by atoms with E-state index in [4.69, 9.17) is 13.9 Å². The van der Waals surface area contributed by atoms with E-state index in [2.05, 4.69) is 107 Å². The molecule has 0 saturated carbocycles. The molecule has 0 N–H and O–H groups in total. The predicted octanol–water partition coefficient (Wildman–Crippen LogP) is 8.73. The molecule has 4 aromatic rings. The Morgan fingerprint density at radius 2 is 1.43 bits per heavy atom. The van der Waals surface area contributed by atoms with Gasteiger partial charge in [0.25, 0.3) is 8.32 Å². The summed E-state index contributed by atoms with van der Waals surface area (Å²) in [4.78, 5) is 0. The normalized spacial score (nSPS) is 11.9. The van der Waals surface area contributed by atoms with Gasteiger partial charge in [-0.15, -0.1) is 0 Å². The third-order valence-corrected chi connectivity index (χ3v) is 11.7. The number of nitrogens with zero attached hydrogens (tertiary/aromatic N) is 1. The summed E-state index contributed by atoms with van der Waals surface area (Å²) in [5, 5.41) is 0.0488. The SMILES string of the molecule is COc1cc(OCc2ccccc2)c(O[Si](C)(C)C(C)(C)C)cc1-c1cccc(-n2c(C)ccc2C)c1. The van der Waals surface area contributed by atoms with E-state index in [9.17, 15) is 0 Å². The van der Waals surface area contributed by atoms with Crippen molar-refractivity contribution in [1.29, 1.82) is 0 Å². The molecular formula is C32H39NO3Si. The van der Waals surface area contributed by atoms with Crippen LogP contribution in [0.3, 0.4) is 0 Å². The van der Waals surface area contributed by atoms with Gasteiger partial charge in [0.1, 0.15) is 18.1 Å². The zero-order valence-electron chi connectivity index (χ0n) is 23.4. The summed E-state index contributed by atoms with van der Waals surface area (Å²) in [6, 6.07) is 27.1. The second kappa shape index (κ2) is 10.5. The van der Waals surface area contributed by atoms with Crippen molar-refractivity contribution in [2.75, 3.05) is 7.11 Å². The third-order valence-electron chi connectivity index (χ3n) is 7.36. The number of rotatable bonds is 8. The van der Waals surface area contributed by atoms with Crippen LogP contribution in [0, 0.1) is 13.8 Å². The predicted molar refractivity (Wildman–Crippen MR) is 156 cm³/mol. The van der Waals surface area contributed by atoms with Gasteiger partial charge in [-0.2, -0.15) is 0 Å². The Labute approximate surface area is 223 Å². The van der Waals surface area contributed by atoms with Gasteiger partial charge in [-0.3, -0.25) is 0 Å². The Morgan fingerprint density at radius 3 is 2.05 bits per heavy atom. The minimum atomic E-state index is -2.13. The number of benzene rings is 3. The van der Waals surface area contributed by atoms with Crippen molar-refractivity contribution in [2.24, 2.45) is 0 Å². The van der Waals surface area contributed by atoms with Crippen molar-refractivity contribution < 1.29 is 13.9 Å². The van der Waals surface area contributed by atoms with E-state index in [1.165, 1.54) is 11.4 Å². The fourth-order valence-corrected chi connectivity index (χ4v) is 5.20. The zero-order chi connectivity index (χ0) is 26.8. The number of aryl methyl sites for hydroxylation is 2. The van der Waals surface area contributed by atoms with Crippen LogP contribution in [0.4, 0.5) is 0 Å². The fourth-order valence-electron chi connectivity index (χ4n) is 4.18. The van der Waals surface area contributed by atoms with E-state index < -0.39 is 8.32 Å². The first-order valence-electron chi connectivity index (χ1n) is 12.8. The van der Waals surface area contributed by atoms with Gasteiger partial charge in [-0.05, 0) is 73.4 Å². The van der Waals surface area contributed by atoms with Crippen LogP contribution in [0.5, 0.6) is 17.2 Å². The monoisotopic (exact) mass is 513 g/mol. The van der Waals surface area contributed by atoms with Crippen LogP contribution >= 0.6 is 0 Å². The van der Waals surface area contributed by atoms with Crippen molar-refractivity contribution in [2.45, 2.75) is 59.4 Å². The van der Waals surface area contributed by atoms with Gasteiger partial charge in [-0.25, -0.2) is 0 Å². The van der Waals surface area contributed by atoms with E-state index in [0.29, 0.717) is 12.4 Å². The van der Waals surface area contributed by atoms with E-state index in [1.54, 1.807) is 7.11 Å². The van der Waals surface area contributed by atoms with Crippen LogP contribution in [0.25, 0.3) is 16.8 Å². The summed E-state index contributed by atoms with van der Waals surface area (Å²) in [5.74, 6) is 2.21. The van der Waals surface area contributed by atoms with Crippen molar-refractivity contribution >= 4 is 8.32 Å². The molecule has 3 aromatic carbocycles. The number of methoxy groups -OCH3 is 1. The highest BCUT2D eigenvalue weighted by Crippen LogP contribution is 2.45. The highest BCUT2D eigenvalue weighted by atomic mass is 28.4. The molecule has 0 unspecified atom stereocenters. The summed E-state index contributed by atoms with van der Waals surface area (Å²) in [6.07, 6.45) is 0. The molecule has 37 heavy (non-hydrogen) atoms. The van der Waals surface area contributed by atoms with Gasteiger partial charge in [-0.1, -0.05) is 63.2 Å². The molecule has 0 aliphatic carbocycles. The Kier molecular flexibility index (Phi) is 7.56. The first-order chi connectivity index (χ1) is 17.5. The largest absolute Gasteiger partial charge is 0.541 e. The molecule has 0 atom stereocenters. The first-order valence-corrected chi connectivity index (χ1v) is 15.7. The van der Waals surface area contributed by atoms with Crippen molar-refractivity contribution in [3.05, 3.63) is 95.8 Å². The molecule has 0 aliphatic heterocycles. The second-order valence-electron chi connectivity index (χ2n) is 11.1. The molecule has 4 rings (SSSR count). The van der Waals surface area contributed by atoms with Crippen molar-refractivity contribution in [3.8, 4) is 34.1 Å². The molecule has 0 radical (unpaired) electrons. The van der Waals surface area contributed by atoms with Gasteiger partial charge < -0.3 is 18.5 Å². The van der Waals surface area contributed by atoms with Gasteiger partial charge in [0.15, 0.2) is 5.75 Å². The van der Waals surface area contributed by atoms with Crippen LogP contribution < -0.4 is 13.9 Å². The molecule has 5 heteroatoms. The Hall–Kier alpha value is -3.44. The van der Waals surface area contributed by atoms with Gasteiger partial charge in [0.2, 0.25) is 0 Å². The standard InChI is InChI=1S/C32H39NO3Si/c1-23-17-18-24(2)33(23)27-16-12-15-26(19-27)28-20-31(36-37(7,8)32(3,4)5)30(21-29(28)34-6)35-22-25-13-10-9-11-14-25/h9-21H,22H2,1-8H3. The maximum Gasteiger partial charge on any atom is 0.250 e. The molecule has 0 saturated heterocycles.